The molecule has 0 heterocycles. The van der Waals surface area contributed by atoms with Crippen molar-refractivity contribution in [3.63, 3.8) is 0 Å². The summed E-state index contributed by atoms with van der Waals surface area (Å²) in [6.45, 7) is 9.58. The minimum atomic E-state index is 0.458. The first-order valence-corrected chi connectivity index (χ1v) is 7.56. The molecule has 2 N–H and O–H groups in total. The molecule has 0 spiro atoms. The minimum Gasteiger partial charge on any atom is -0.327 e. The second-order valence-electron chi connectivity index (χ2n) is 6.92. The lowest BCUT2D eigenvalue weighted by Crippen LogP contribution is -2.44. The summed E-state index contributed by atoms with van der Waals surface area (Å²) in [6, 6.07) is 1.35. The van der Waals surface area contributed by atoms with Crippen LogP contribution >= 0.6 is 0 Å². The Labute approximate surface area is 107 Å². The number of nitrogens with zero attached hydrogens (tertiary/aromatic N) is 1. The van der Waals surface area contributed by atoms with Crippen LogP contribution in [-0.2, 0) is 0 Å². The standard InChI is InChI=1S/C15H30N2/c1-11(2)9-17(14-5-6-14)10-13-8-12(3)4-7-15(13)16/h11-15H,4-10,16H2,1-3H3. The van der Waals surface area contributed by atoms with E-state index in [-0.39, 0.29) is 0 Å². The Morgan fingerprint density at radius 1 is 1.18 bits per heavy atom. The topological polar surface area (TPSA) is 29.3 Å². The van der Waals surface area contributed by atoms with Crippen molar-refractivity contribution in [1.29, 1.82) is 0 Å². The van der Waals surface area contributed by atoms with Crippen LogP contribution in [0.3, 0.4) is 0 Å². The second-order valence-corrected chi connectivity index (χ2v) is 6.92. The Balaban J connectivity index is 1.87. The lowest BCUT2D eigenvalue weighted by atomic mass is 9.79. The number of hydrogen-bond donors (Lipinski definition) is 1. The Kier molecular flexibility index (Phi) is 4.48. The first kappa shape index (κ1) is 13.4. The average molecular weight is 238 g/mol. The van der Waals surface area contributed by atoms with Crippen LogP contribution in [0.25, 0.3) is 0 Å². The summed E-state index contributed by atoms with van der Waals surface area (Å²) in [7, 11) is 0. The highest BCUT2D eigenvalue weighted by atomic mass is 15.2. The van der Waals surface area contributed by atoms with Gasteiger partial charge in [0.15, 0.2) is 0 Å². The van der Waals surface area contributed by atoms with Crippen molar-refractivity contribution in [1.82, 2.24) is 4.90 Å². The van der Waals surface area contributed by atoms with Crippen molar-refractivity contribution in [2.45, 2.75) is 65.0 Å². The van der Waals surface area contributed by atoms with Gasteiger partial charge in [0.05, 0.1) is 0 Å². The van der Waals surface area contributed by atoms with Gasteiger partial charge in [-0.2, -0.15) is 0 Å². The molecule has 0 aliphatic heterocycles. The molecule has 100 valence electrons. The summed E-state index contributed by atoms with van der Waals surface area (Å²) in [5.74, 6) is 2.42. The van der Waals surface area contributed by atoms with Crippen molar-refractivity contribution in [2.75, 3.05) is 13.1 Å². The van der Waals surface area contributed by atoms with Crippen LogP contribution in [0.4, 0.5) is 0 Å². The molecule has 2 nitrogen and oxygen atoms in total. The van der Waals surface area contributed by atoms with Gasteiger partial charge in [0.2, 0.25) is 0 Å². The monoisotopic (exact) mass is 238 g/mol. The molecule has 0 aromatic carbocycles. The zero-order valence-electron chi connectivity index (χ0n) is 11.9. The molecule has 3 unspecified atom stereocenters. The molecule has 0 saturated heterocycles. The maximum Gasteiger partial charge on any atom is 0.00966 e. The molecule has 0 amide bonds. The molecule has 0 bridgehead atoms. The van der Waals surface area contributed by atoms with E-state index in [0.717, 1.165) is 23.8 Å². The molecule has 2 heteroatoms. The predicted molar refractivity (Wildman–Crippen MR) is 73.9 cm³/mol. The summed E-state index contributed by atoms with van der Waals surface area (Å²) < 4.78 is 0. The molecule has 2 saturated carbocycles. The zero-order valence-corrected chi connectivity index (χ0v) is 11.9. The highest BCUT2D eigenvalue weighted by Crippen LogP contribution is 2.33. The highest BCUT2D eigenvalue weighted by molar-refractivity contribution is 4.89. The molecule has 2 fully saturated rings. The number of hydrogen-bond acceptors (Lipinski definition) is 2. The third-order valence-corrected chi connectivity index (χ3v) is 4.44. The normalized spacial score (nSPS) is 34.6. The van der Waals surface area contributed by atoms with E-state index in [9.17, 15) is 0 Å². The molecule has 3 atom stereocenters. The largest absolute Gasteiger partial charge is 0.327 e. The van der Waals surface area contributed by atoms with Crippen molar-refractivity contribution in [2.24, 2.45) is 23.5 Å². The van der Waals surface area contributed by atoms with Gasteiger partial charge in [0, 0.05) is 25.2 Å². The van der Waals surface area contributed by atoms with Gasteiger partial charge >= 0.3 is 0 Å². The fourth-order valence-corrected chi connectivity index (χ4v) is 3.31. The van der Waals surface area contributed by atoms with Gasteiger partial charge in [-0.05, 0) is 49.9 Å². The zero-order chi connectivity index (χ0) is 12.4. The van der Waals surface area contributed by atoms with Crippen molar-refractivity contribution in [3.05, 3.63) is 0 Å². The van der Waals surface area contributed by atoms with Crippen LogP contribution in [0.2, 0.25) is 0 Å². The van der Waals surface area contributed by atoms with Crippen LogP contribution in [0, 0.1) is 17.8 Å². The van der Waals surface area contributed by atoms with Crippen molar-refractivity contribution < 1.29 is 0 Å². The van der Waals surface area contributed by atoms with Crippen LogP contribution < -0.4 is 5.73 Å². The molecule has 0 aromatic rings. The van der Waals surface area contributed by atoms with Crippen LogP contribution in [0.15, 0.2) is 0 Å². The minimum absolute atomic E-state index is 0.458. The van der Waals surface area contributed by atoms with Gasteiger partial charge in [-0.15, -0.1) is 0 Å². The Bertz CT molecular complexity index is 233. The molecule has 2 aliphatic carbocycles. The van der Waals surface area contributed by atoms with Crippen molar-refractivity contribution >= 4 is 0 Å². The van der Waals surface area contributed by atoms with Crippen LogP contribution in [0.1, 0.15) is 52.9 Å². The summed E-state index contributed by atoms with van der Waals surface area (Å²) in [6.07, 6.45) is 6.77. The highest BCUT2D eigenvalue weighted by Gasteiger charge is 2.34. The summed E-state index contributed by atoms with van der Waals surface area (Å²) in [4.78, 5) is 2.73. The van der Waals surface area contributed by atoms with Gasteiger partial charge in [0.25, 0.3) is 0 Å². The lowest BCUT2D eigenvalue weighted by molar-refractivity contribution is 0.144. The van der Waals surface area contributed by atoms with E-state index in [1.54, 1.807) is 0 Å². The third-order valence-electron chi connectivity index (χ3n) is 4.44. The van der Waals surface area contributed by atoms with E-state index in [2.05, 4.69) is 25.7 Å². The Morgan fingerprint density at radius 2 is 1.88 bits per heavy atom. The SMILES string of the molecule is CC(C)CN(CC1CC(C)CCC1N)C1CC1. The first-order chi connectivity index (χ1) is 8.06. The van der Waals surface area contributed by atoms with Gasteiger partial charge in [-0.3, -0.25) is 4.90 Å². The molecule has 0 radical (unpaired) electrons. The van der Waals surface area contributed by atoms with Gasteiger partial charge in [0.1, 0.15) is 0 Å². The van der Waals surface area contributed by atoms with Gasteiger partial charge in [-0.1, -0.05) is 20.8 Å². The first-order valence-electron chi connectivity index (χ1n) is 7.56. The molecular formula is C15H30N2. The summed E-state index contributed by atoms with van der Waals surface area (Å²) in [5, 5.41) is 0. The van der Waals surface area contributed by atoms with Crippen molar-refractivity contribution in [3.8, 4) is 0 Å². The number of rotatable bonds is 5. The van der Waals surface area contributed by atoms with Gasteiger partial charge in [-0.25, -0.2) is 0 Å². The lowest BCUT2D eigenvalue weighted by Gasteiger charge is -2.37. The predicted octanol–water partition coefficient (Wildman–Crippen LogP) is 2.87. The smallest absolute Gasteiger partial charge is 0.00966 e. The van der Waals surface area contributed by atoms with E-state index < -0.39 is 0 Å². The fraction of sp³-hybridized carbons (Fsp3) is 1.00. The quantitative estimate of drug-likeness (QED) is 0.798. The van der Waals surface area contributed by atoms with E-state index in [1.807, 2.05) is 0 Å². The molecule has 2 rings (SSSR count). The third kappa shape index (κ3) is 3.96. The number of nitrogens with two attached hydrogens (primary N) is 1. The summed E-state index contributed by atoms with van der Waals surface area (Å²) >= 11 is 0. The van der Waals surface area contributed by atoms with Crippen LogP contribution in [-0.4, -0.2) is 30.1 Å². The van der Waals surface area contributed by atoms with E-state index in [4.69, 9.17) is 5.73 Å². The van der Waals surface area contributed by atoms with E-state index >= 15 is 0 Å². The van der Waals surface area contributed by atoms with E-state index in [0.29, 0.717) is 6.04 Å². The Morgan fingerprint density at radius 3 is 2.47 bits per heavy atom. The van der Waals surface area contributed by atoms with Crippen LogP contribution in [0.5, 0.6) is 0 Å². The molecule has 0 aromatic heterocycles. The average Bonchev–Trinajstić information content (AvgIpc) is 3.05. The molecule has 17 heavy (non-hydrogen) atoms. The fourth-order valence-electron chi connectivity index (χ4n) is 3.31. The second kappa shape index (κ2) is 5.71. The summed E-state index contributed by atoms with van der Waals surface area (Å²) in [5.41, 5.74) is 6.31. The molecular weight excluding hydrogens is 208 g/mol. The Hall–Kier alpha value is -0.0800. The van der Waals surface area contributed by atoms with E-state index in [1.165, 1.54) is 45.2 Å². The maximum atomic E-state index is 6.31. The maximum absolute atomic E-state index is 6.31. The van der Waals surface area contributed by atoms with Gasteiger partial charge < -0.3 is 5.73 Å². The molecule has 2 aliphatic rings.